The number of piperidine rings is 1. The molecule has 6 nitrogen and oxygen atoms in total. The summed E-state index contributed by atoms with van der Waals surface area (Å²) in [4.78, 5) is 17.7. The Balaban J connectivity index is 1.75. The van der Waals surface area contributed by atoms with E-state index in [9.17, 15) is 4.79 Å². The Hall–Kier alpha value is -1.95. The third-order valence-corrected chi connectivity index (χ3v) is 3.97. The number of amides is 1. The van der Waals surface area contributed by atoms with Crippen molar-refractivity contribution in [3.63, 3.8) is 0 Å². The minimum atomic E-state index is -0.240. The fourth-order valence-electron chi connectivity index (χ4n) is 2.44. The lowest BCUT2D eigenvalue weighted by molar-refractivity contribution is 0.0963. The van der Waals surface area contributed by atoms with Crippen LogP contribution in [0.1, 0.15) is 25.3 Å². The molecule has 23 heavy (non-hydrogen) atoms. The van der Waals surface area contributed by atoms with Crippen molar-refractivity contribution in [2.45, 2.75) is 32.4 Å². The Morgan fingerprint density at radius 2 is 2.04 bits per heavy atom. The number of nitrogens with zero attached hydrogens (tertiary/aromatic N) is 2. The van der Waals surface area contributed by atoms with Gasteiger partial charge in [0, 0.05) is 24.2 Å². The van der Waals surface area contributed by atoms with E-state index < -0.39 is 0 Å². The number of ether oxygens (including phenoxy) is 1. The highest BCUT2D eigenvalue weighted by Crippen LogP contribution is 2.12. The van der Waals surface area contributed by atoms with Crippen LogP contribution in [0.4, 0.5) is 4.79 Å². The summed E-state index contributed by atoms with van der Waals surface area (Å²) in [6.07, 6.45) is 1.42. The molecule has 126 valence electrons. The first kappa shape index (κ1) is 17.4. The number of hydrogen-bond acceptors (Lipinski definition) is 3. The predicted octanol–water partition coefficient (Wildman–Crippen LogP) is 2.37. The summed E-state index contributed by atoms with van der Waals surface area (Å²) in [6, 6.07) is 7.76. The Kier molecular flexibility index (Phi) is 6.52. The van der Waals surface area contributed by atoms with E-state index in [1.165, 1.54) is 0 Å². The number of guanidine groups is 1. The fraction of sp³-hybridized carbons (Fsp3) is 0.500. The van der Waals surface area contributed by atoms with Crippen LogP contribution in [0.15, 0.2) is 29.3 Å². The molecule has 3 N–H and O–H groups in total. The van der Waals surface area contributed by atoms with Crippen LogP contribution >= 0.6 is 11.6 Å². The van der Waals surface area contributed by atoms with E-state index in [0.717, 1.165) is 18.4 Å². The molecule has 1 aliphatic heterocycles. The van der Waals surface area contributed by atoms with E-state index >= 15 is 0 Å². The van der Waals surface area contributed by atoms with Crippen LogP contribution in [-0.2, 0) is 11.3 Å². The number of benzene rings is 1. The molecule has 0 aromatic heterocycles. The van der Waals surface area contributed by atoms with Gasteiger partial charge in [-0.2, -0.15) is 0 Å². The van der Waals surface area contributed by atoms with Crippen LogP contribution in [-0.4, -0.2) is 42.7 Å². The maximum atomic E-state index is 11.6. The van der Waals surface area contributed by atoms with Gasteiger partial charge >= 0.3 is 6.09 Å². The van der Waals surface area contributed by atoms with Crippen molar-refractivity contribution >= 4 is 23.7 Å². The second-order valence-electron chi connectivity index (χ2n) is 5.43. The van der Waals surface area contributed by atoms with Gasteiger partial charge in [0.1, 0.15) is 0 Å². The first-order valence-corrected chi connectivity index (χ1v) is 8.19. The van der Waals surface area contributed by atoms with Crippen molar-refractivity contribution < 1.29 is 9.53 Å². The van der Waals surface area contributed by atoms with Crippen molar-refractivity contribution in [1.29, 1.82) is 0 Å². The van der Waals surface area contributed by atoms with Crippen molar-refractivity contribution in [1.82, 2.24) is 10.2 Å². The van der Waals surface area contributed by atoms with Gasteiger partial charge in [-0.05, 0) is 37.5 Å². The number of likely N-dealkylation sites (tertiary alicyclic amines) is 1. The van der Waals surface area contributed by atoms with Gasteiger partial charge in [-0.15, -0.1) is 0 Å². The molecule has 0 spiro atoms. The normalized spacial score (nSPS) is 16.3. The lowest BCUT2D eigenvalue weighted by atomic mass is 10.1. The second kappa shape index (κ2) is 8.62. The average molecular weight is 339 g/mol. The molecule has 2 rings (SSSR count). The van der Waals surface area contributed by atoms with Crippen LogP contribution in [0.5, 0.6) is 0 Å². The Bertz CT molecular complexity index is 540. The number of rotatable bonds is 4. The molecule has 1 aromatic rings. The van der Waals surface area contributed by atoms with E-state index in [-0.39, 0.29) is 12.1 Å². The minimum Gasteiger partial charge on any atom is -0.450 e. The quantitative estimate of drug-likeness (QED) is 0.652. The van der Waals surface area contributed by atoms with Gasteiger partial charge in [-0.25, -0.2) is 9.79 Å². The summed E-state index contributed by atoms with van der Waals surface area (Å²) >= 11 is 5.85. The molecule has 0 radical (unpaired) electrons. The molecule has 1 saturated heterocycles. The van der Waals surface area contributed by atoms with Gasteiger partial charge < -0.3 is 20.7 Å². The van der Waals surface area contributed by atoms with Crippen molar-refractivity contribution in [3.8, 4) is 0 Å². The number of carbonyl (C=O) groups is 1. The van der Waals surface area contributed by atoms with E-state index in [4.69, 9.17) is 22.1 Å². The number of halogens is 1. The molecule has 1 fully saturated rings. The fourth-order valence-corrected chi connectivity index (χ4v) is 2.57. The summed E-state index contributed by atoms with van der Waals surface area (Å²) in [6.45, 7) is 4.06. The third kappa shape index (κ3) is 5.63. The molecular weight excluding hydrogens is 316 g/mol. The average Bonchev–Trinajstić information content (AvgIpc) is 2.55. The molecule has 1 aliphatic rings. The monoisotopic (exact) mass is 338 g/mol. The van der Waals surface area contributed by atoms with Crippen molar-refractivity contribution in [2.24, 2.45) is 10.7 Å². The Labute approximate surface area is 141 Å². The van der Waals surface area contributed by atoms with Gasteiger partial charge in [0.15, 0.2) is 5.96 Å². The summed E-state index contributed by atoms with van der Waals surface area (Å²) in [5.41, 5.74) is 6.98. The number of hydrogen-bond donors (Lipinski definition) is 2. The molecule has 0 saturated carbocycles. The molecule has 0 bridgehead atoms. The second-order valence-corrected chi connectivity index (χ2v) is 5.87. The molecule has 0 unspecified atom stereocenters. The van der Waals surface area contributed by atoms with Crippen molar-refractivity contribution in [2.75, 3.05) is 19.7 Å². The summed E-state index contributed by atoms with van der Waals surface area (Å²) < 4.78 is 5.00. The summed E-state index contributed by atoms with van der Waals surface area (Å²) in [7, 11) is 0. The van der Waals surface area contributed by atoms with Gasteiger partial charge in [0.05, 0.1) is 13.2 Å². The molecule has 0 aliphatic carbocycles. The number of aliphatic imine (C=N–C) groups is 1. The van der Waals surface area contributed by atoms with Crippen LogP contribution in [0.3, 0.4) is 0 Å². The highest BCUT2D eigenvalue weighted by molar-refractivity contribution is 6.30. The number of nitrogens with two attached hydrogens (primary N) is 1. The zero-order valence-corrected chi connectivity index (χ0v) is 14.1. The largest absolute Gasteiger partial charge is 0.450 e. The lowest BCUT2D eigenvalue weighted by Crippen LogP contribution is -2.48. The molecule has 7 heteroatoms. The SMILES string of the molecule is CCOC(=O)N1CCC(NC(N)=NCc2ccc(Cl)cc2)CC1. The van der Waals surface area contributed by atoms with Crippen molar-refractivity contribution in [3.05, 3.63) is 34.9 Å². The van der Waals surface area contributed by atoms with Gasteiger partial charge in [-0.1, -0.05) is 23.7 Å². The summed E-state index contributed by atoms with van der Waals surface area (Å²) in [5, 5.41) is 3.92. The summed E-state index contributed by atoms with van der Waals surface area (Å²) in [5.74, 6) is 0.425. The topological polar surface area (TPSA) is 80.0 Å². The zero-order chi connectivity index (χ0) is 16.7. The van der Waals surface area contributed by atoms with Gasteiger partial charge in [-0.3, -0.25) is 0 Å². The minimum absolute atomic E-state index is 0.231. The molecule has 1 aromatic carbocycles. The van der Waals surface area contributed by atoms with Crippen LogP contribution in [0.25, 0.3) is 0 Å². The maximum Gasteiger partial charge on any atom is 0.409 e. The van der Waals surface area contributed by atoms with E-state index in [1.54, 1.807) is 4.90 Å². The zero-order valence-electron chi connectivity index (χ0n) is 13.3. The molecular formula is C16H23ClN4O2. The highest BCUT2D eigenvalue weighted by atomic mass is 35.5. The van der Waals surface area contributed by atoms with Crippen LogP contribution in [0, 0.1) is 0 Å². The van der Waals surface area contributed by atoms with Gasteiger partial charge in [0.25, 0.3) is 0 Å². The standard InChI is InChI=1S/C16H23ClN4O2/c1-2-23-16(22)21-9-7-14(8-10-21)20-15(18)19-11-12-3-5-13(17)6-4-12/h3-6,14H,2,7-11H2,1H3,(H3,18,19,20). The predicted molar refractivity (Wildman–Crippen MR) is 91.5 cm³/mol. The Morgan fingerprint density at radius 1 is 1.39 bits per heavy atom. The number of nitrogens with one attached hydrogen (secondary N) is 1. The smallest absolute Gasteiger partial charge is 0.409 e. The Morgan fingerprint density at radius 3 is 2.65 bits per heavy atom. The van der Waals surface area contributed by atoms with E-state index in [1.807, 2.05) is 31.2 Å². The first-order valence-electron chi connectivity index (χ1n) is 7.81. The first-order chi connectivity index (χ1) is 11.1. The maximum absolute atomic E-state index is 11.6. The van der Waals surface area contributed by atoms with Crippen LogP contribution in [0.2, 0.25) is 5.02 Å². The van der Waals surface area contributed by atoms with E-state index in [2.05, 4.69) is 10.3 Å². The molecule has 0 atom stereocenters. The highest BCUT2D eigenvalue weighted by Gasteiger charge is 2.23. The molecule has 1 amide bonds. The number of carbonyl (C=O) groups excluding carboxylic acids is 1. The van der Waals surface area contributed by atoms with E-state index in [0.29, 0.717) is 37.2 Å². The van der Waals surface area contributed by atoms with Crippen LogP contribution < -0.4 is 11.1 Å². The lowest BCUT2D eigenvalue weighted by Gasteiger charge is -2.31. The van der Waals surface area contributed by atoms with Gasteiger partial charge in [0.2, 0.25) is 0 Å². The third-order valence-electron chi connectivity index (χ3n) is 3.72. The molecule has 1 heterocycles.